The number of benzene rings is 2. The lowest BCUT2D eigenvalue weighted by Crippen LogP contribution is -2.27. The number of thioether (sulfide) groups is 1. The summed E-state index contributed by atoms with van der Waals surface area (Å²) in [5, 5.41) is 0.183. The minimum absolute atomic E-state index is 0.129. The van der Waals surface area contributed by atoms with Crippen LogP contribution >= 0.6 is 39.3 Å². The van der Waals surface area contributed by atoms with Gasteiger partial charge >= 0.3 is 0 Å². The summed E-state index contributed by atoms with van der Waals surface area (Å²) >= 11 is 10.6. The van der Waals surface area contributed by atoms with Gasteiger partial charge in [0.2, 0.25) is 0 Å². The zero-order valence-corrected chi connectivity index (χ0v) is 19.4. The summed E-state index contributed by atoms with van der Waals surface area (Å²) in [7, 11) is 0. The highest BCUT2D eigenvalue weighted by Crippen LogP contribution is 2.39. The first-order valence-electron chi connectivity index (χ1n) is 9.13. The van der Waals surface area contributed by atoms with Crippen molar-refractivity contribution < 1.29 is 19.1 Å². The average molecular weight is 509 g/mol. The molecule has 0 unspecified atom stereocenters. The zero-order chi connectivity index (χ0) is 21.7. The maximum atomic E-state index is 12.8. The van der Waals surface area contributed by atoms with Gasteiger partial charge in [0.25, 0.3) is 11.1 Å². The molecule has 1 aliphatic rings. The summed E-state index contributed by atoms with van der Waals surface area (Å²) in [5.74, 6) is 0.738. The Morgan fingerprint density at radius 2 is 2.00 bits per heavy atom. The molecule has 0 radical (unpaired) electrons. The molecular formula is C22H19BrClNO4S. The molecule has 30 heavy (non-hydrogen) atoms. The summed E-state index contributed by atoms with van der Waals surface area (Å²) in [6.07, 6.45) is 3.31. The van der Waals surface area contributed by atoms with E-state index in [1.165, 1.54) is 4.90 Å². The summed E-state index contributed by atoms with van der Waals surface area (Å²) < 4.78 is 12.0. The molecular weight excluding hydrogens is 490 g/mol. The minimum Gasteiger partial charge on any atom is -0.490 e. The van der Waals surface area contributed by atoms with Crippen LogP contribution in [-0.2, 0) is 11.3 Å². The van der Waals surface area contributed by atoms with Crippen LogP contribution in [0.3, 0.4) is 0 Å². The Balaban J connectivity index is 1.87. The number of halogens is 2. The van der Waals surface area contributed by atoms with E-state index in [1.807, 2.05) is 19.1 Å². The van der Waals surface area contributed by atoms with Crippen LogP contribution in [0.5, 0.6) is 11.5 Å². The predicted molar refractivity (Wildman–Crippen MR) is 124 cm³/mol. The molecule has 8 heteroatoms. The van der Waals surface area contributed by atoms with Gasteiger partial charge in [-0.25, -0.2) is 0 Å². The molecule has 3 rings (SSSR count). The van der Waals surface area contributed by atoms with Crippen LogP contribution in [0.4, 0.5) is 4.79 Å². The van der Waals surface area contributed by atoms with Crippen molar-refractivity contribution in [3.05, 3.63) is 74.6 Å². The predicted octanol–water partition coefficient (Wildman–Crippen LogP) is 6.30. The van der Waals surface area contributed by atoms with E-state index in [0.717, 1.165) is 11.8 Å². The molecule has 156 valence electrons. The maximum Gasteiger partial charge on any atom is 0.293 e. The van der Waals surface area contributed by atoms with E-state index in [9.17, 15) is 9.59 Å². The lowest BCUT2D eigenvalue weighted by atomic mass is 10.1. The summed E-state index contributed by atoms with van der Waals surface area (Å²) in [6.45, 7) is 6.44. The second-order valence-corrected chi connectivity index (χ2v) is 8.48. The molecule has 0 N–H and O–H groups in total. The summed E-state index contributed by atoms with van der Waals surface area (Å²) in [5.41, 5.74) is 1.42. The largest absolute Gasteiger partial charge is 0.490 e. The van der Waals surface area contributed by atoms with E-state index >= 15 is 0 Å². The number of carbonyl (C=O) groups excluding carboxylic acids is 2. The lowest BCUT2D eigenvalue weighted by Gasteiger charge is -2.14. The molecule has 0 aromatic heterocycles. The van der Waals surface area contributed by atoms with Crippen molar-refractivity contribution in [2.45, 2.75) is 13.5 Å². The highest BCUT2D eigenvalue weighted by atomic mass is 79.9. The molecule has 1 heterocycles. The Labute approximate surface area is 192 Å². The van der Waals surface area contributed by atoms with Crippen LogP contribution < -0.4 is 9.47 Å². The van der Waals surface area contributed by atoms with Gasteiger partial charge < -0.3 is 9.47 Å². The number of carbonyl (C=O) groups is 2. The zero-order valence-electron chi connectivity index (χ0n) is 16.2. The molecule has 2 aromatic carbocycles. The second-order valence-electron chi connectivity index (χ2n) is 6.22. The molecule has 1 aliphatic heterocycles. The number of hydrogen-bond donors (Lipinski definition) is 0. The Morgan fingerprint density at radius 1 is 1.23 bits per heavy atom. The highest BCUT2D eigenvalue weighted by Gasteiger charge is 2.35. The quantitative estimate of drug-likeness (QED) is 0.309. The van der Waals surface area contributed by atoms with Crippen molar-refractivity contribution in [1.82, 2.24) is 4.90 Å². The topological polar surface area (TPSA) is 55.8 Å². The van der Waals surface area contributed by atoms with Gasteiger partial charge in [-0.2, -0.15) is 0 Å². The number of rotatable bonds is 8. The third-order valence-electron chi connectivity index (χ3n) is 4.13. The van der Waals surface area contributed by atoms with Crippen LogP contribution in [0, 0.1) is 0 Å². The van der Waals surface area contributed by atoms with Crippen molar-refractivity contribution in [3.8, 4) is 11.5 Å². The SMILES string of the molecule is C=CCOc1c(Br)cc(/C=C2/SC(=O)N(Cc3ccccc3Cl)C2=O)cc1OCC. The molecule has 0 saturated carbocycles. The maximum absolute atomic E-state index is 12.8. The Hall–Kier alpha value is -2.22. The fraction of sp³-hybridized carbons (Fsp3) is 0.182. The van der Waals surface area contributed by atoms with Crippen molar-refractivity contribution in [3.63, 3.8) is 0 Å². The van der Waals surface area contributed by atoms with E-state index in [2.05, 4.69) is 22.5 Å². The Kier molecular flexibility index (Phi) is 7.64. The van der Waals surface area contributed by atoms with E-state index in [-0.39, 0.29) is 17.7 Å². The van der Waals surface area contributed by atoms with Crippen LogP contribution in [-0.4, -0.2) is 29.3 Å². The van der Waals surface area contributed by atoms with E-state index in [0.29, 0.717) is 50.2 Å². The molecule has 2 aromatic rings. The van der Waals surface area contributed by atoms with Crippen LogP contribution in [0.25, 0.3) is 6.08 Å². The molecule has 5 nitrogen and oxygen atoms in total. The van der Waals surface area contributed by atoms with Gasteiger partial charge in [-0.05, 0) is 70.0 Å². The van der Waals surface area contributed by atoms with Crippen molar-refractivity contribution >= 4 is 56.5 Å². The average Bonchev–Trinajstić information content (AvgIpc) is 2.96. The first kappa shape index (κ1) is 22.5. The minimum atomic E-state index is -0.356. The van der Waals surface area contributed by atoms with E-state index < -0.39 is 0 Å². The summed E-state index contributed by atoms with van der Waals surface area (Å²) in [4.78, 5) is 26.8. The van der Waals surface area contributed by atoms with Gasteiger partial charge in [0.15, 0.2) is 11.5 Å². The van der Waals surface area contributed by atoms with Crippen molar-refractivity contribution in [2.24, 2.45) is 0 Å². The van der Waals surface area contributed by atoms with Gasteiger partial charge in [-0.3, -0.25) is 14.5 Å². The van der Waals surface area contributed by atoms with Crippen LogP contribution in [0.1, 0.15) is 18.1 Å². The summed E-state index contributed by atoms with van der Waals surface area (Å²) in [6, 6.07) is 10.7. The smallest absolute Gasteiger partial charge is 0.293 e. The van der Waals surface area contributed by atoms with Gasteiger partial charge in [-0.1, -0.05) is 42.5 Å². The fourth-order valence-electron chi connectivity index (χ4n) is 2.80. The van der Waals surface area contributed by atoms with Crippen molar-refractivity contribution in [1.29, 1.82) is 0 Å². The van der Waals surface area contributed by atoms with Gasteiger partial charge in [0.1, 0.15) is 6.61 Å². The first-order chi connectivity index (χ1) is 14.4. The number of nitrogens with zero attached hydrogens (tertiary/aromatic N) is 1. The van der Waals surface area contributed by atoms with E-state index in [4.69, 9.17) is 21.1 Å². The number of hydrogen-bond acceptors (Lipinski definition) is 5. The highest BCUT2D eigenvalue weighted by molar-refractivity contribution is 9.10. The standard InChI is InChI=1S/C22H19BrClNO4S/c1-3-9-29-20-16(23)10-14(11-18(20)28-4-2)12-19-21(26)25(22(27)30-19)13-15-7-5-6-8-17(15)24/h3,5-8,10-12H,1,4,9,13H2,2H3/b19-12+. The first-order valence-corrected chi connectivity index (χ1v) is 11.1. The Bertz CT molecular complexity index is 1020. The lowest BCUT2D eigenvalue weighted by molar-refractivity contribution is -0.123. The molecule has 1 saturated heterocycles. The third-order valence-corrected chi connectivity index (χ3v) is 6.00. The monoisotopic (exact) mass is 507 g/mol. The number of amides is 2. The number of ether oxygens (including phenoxy) is 2. The van der Waals surface area contributed by atoms with E-state index in [1.54, 1.807) is 36.4 Å². The second kappa shape index (κ2) is 10.2. The molecule has 0 spiro atoms. The van der Waals surface area contributed by atoms with Gasteiger partial charge in [-0.15, -0.1) is 0 Å². The van der Waals surface area contributed by atoms with Crippen LogP contribution in [0.15, 0.2) is 58.4 Å². The number of imide groups is 1. The van der Waals surface area contributed by atoms with Crippen LogP contribution in [0.2, 0.25) is 5.02 Å². The fourth-order valence-corrected chi connectivity index (χ4v) is 4.41. The third kappa shape index (κ3) is 5.09. The molecule has 1 fully saturated rings. The molecule has 0 bridgehead atoms. The molecule has 0 atom stereocenters. The normalized spacial score (nSPS) is 15.0. The van der Waals surface area contributed by atoms with Gasteiger partial charge in [0.05, 0.1) is 22.5 Å². The van der Waals surface area contributed by atoms with Gasteiger partial charge in [0, 0.05) is 5.02 Å². The Morgan fingerprint density at radius 3 is 2.70 bits per heavy atom. The molecule has 2 amide bonds. The molecule has 0 aliphatic carbocycles. The van der Waals surface area contributed by atoms with Crippen molar-refractivity contribution in [2.75, 3.05) is 13.2 Å².